The van der Waals surface area contributed by atoms with Crippen molar-refractivity contribution in [3.05, 3.63) is 30.0 Å². The number of carbonyl (C=O) groups excluding carboxylic acids is 1. The zero-order valence-electron chi connectivity index (χ0n) is 12.9. The van der Waals surface area contributed by atoms with Crippen molar-refractivity contribution in [3.63, 3.8) is 0 Å². The van der Waals surface area contributed by atoms with Gasteiger partial charge >= 0.3 is 0 Å². The third-order valence-electron chi connectivity index (χ3n) is 4.48. The molecule has 22 heavy (non-hydrogen) atoms. The first-order valence-corrected chi connectivity index (χ1v) is 7.58. The molecule has 2 unspecified atom stereocenters. The van der Waals surface area contributed by atoms with Crippen LogP contribution in [0.5, 0.6) is 5.75 Å². The molecule has 5 heteroatoms. The number of hydrogen-bond acceptors (Lipinski definition) is 4. The van der Waals surface area contributed by atoms with E-state index in [9.17, 15) is 9.90 Å². The summed E-state index contributed by atoms with van der Waals surface area (Å²) in [5, 5.41) is 10.9. The van der Waals surface area contributed by atoms with Gasteiger partial charge in [0.2, 0.25) is 5.91 Å². The lowest BCUT2D eigenvalue weighted by Gasteiger charge is -2.34. The molecule has 3 rings (SSSR count). The number of fused-ring (bicyclic) bond motifs is 1. The Morgan fingerprint density at radius 1 is 1.50 bits per heavy atom. The Morgan fingerprint density at radius 2 is 2.32 bits per heavy atom. The van der Waals surface area contributed by atoms with Gasteiger partial charge in [0.25, 0.3) is 0 Å². The number of aliphatic hydroxyl groups excluding tert-OH is 1. The third kappa shape index (κ3) is 2.81. The summed E-state index contributed by atoms with van der Waals surface area (Å²) < 4.78 is 10.7. The number of rotatable bonds is 3. The summed E-state index contributed by atoms with van der Waals surface area (Å²) >= 11 is 0. The number of furan rings is 1. The monoisotopic (exact) mass is 303 g/mol. The van der Waals surface area contributed by atoms with E-state index in [-0.39, 0.29) is 11.8 Å². The first-order chi connectivity index (χ1) is 10.6. The molecule has 1 N–H and O–H groups in total. The molecule has 1 aromatic carbocycles. The van der Waals surface area contributed by atoms with Crippen molar-refractivity contribution in [1.82, 2.24) is 4.90 Å². The van der Waals surface area contributed by atoms with Crippen LogP contribution in [0, 0.1) is 5.92 Å². The molecule has 2 aromatic rings. The molecule has 1 amide bonds. The van der Waals surface area contributed by atoms with Gasteiger partial charge in [0.05, 0.1) is 25.9 Å². The first-order valence-electron chi connectivity index (χ1n) is 7.58. The topological polar surface area (TPSA) is 62.9 Å². The summed E-state index contributed by atoms with van der Waals surface area (Å²) in [6.45, 7) is 3.15. The molecule has 0 saturated carbocycles. The van der Waals surface area contributed by atoms with Gasteiger partial charge in [-0.25, -0.2) is 0 Å². The summed E-state index contributed by atoms with van der Waals surface area (Å²) in [4.78, 5) is 14.2. The van der Waals surface area contributed by atoms with Gasteiger partial charge in [-0.05, 0) is 24.5 Å². The van der Waals surface area contributed by atoms with Gasteiger partial charge in [0, 0.05) is 30.1 Å². The van der Waals surface area contributed by atoms with E-state index >= 15 is 0 Å². The van der Waals surface area contributed by atoms with Crippen molar-refractivity contribution >= 4 is 16.9 Å². The maximum Gasteiger partial charge on any atom is 0.227 e. The Bertz CT molecular complexity index is 678. The SMILES string of the molecule is COc1ccc2c(CC(=O)N3CCC(C)C(O)C3)coc2c1. The number of likely N-dealkylation sites (tertiary alicyclic amines) is 1. The summed E-state index contributed by atoms with van der Waals surface area (Å²) in [5.74, 6) is 1.02. The molecule has 5 nitrogen and oxygen atoms in total. The van der Waals surface area contributed by atoms with Crippen LogP contribution in [0.4, 0.5) is 0 Å². The predicted octanol–water partition coefficient (Wildman–Crippen LogP) is 2.21. The fraction of sp³-hybridized carbons (Fsp3) is 0.471. The Morgan fingerprint density at radius 3 is 3.05 bits per heavy atom. The van der Waals surface area contributed by atoms with Crippen LogP contribution in [-0.2, 0) is 11.2 Å². The average Bonchev–Trinajstić information content (AvgIpc) is 2.92. The highest BCUT2D eigenvalue weighted by Gasteiger charge is 2.27. The summed E-state index contributed by atoms with van der Waals surface area (Å²) in [6, 6.07) is 5.58. The Kier molecular flexibility index (Phi) is 4.07. The average molecular weight is 303 g/mol. The van der Waals surface area contributed by atoms with Crippen molar-refractivity contribution in [2.75, 3.05) is 20.2 Å². The standard InChI is InChI=1S/C17H21NO4/c1-11-5-6-18(9-15(11)19)17(20)7-12-10-22-16-8-13(21-2)3-4-14(12)16/h3-4,8,10-11,15,19H,5-7,9H2,1-2H3. The second-order valence-electron chi connectivity index (χ2n) is 5.97. The predicted molar refractivity (Wildman–Crippen MR) is 82.8 cm³/mol. The number of nitrogens with zero attached hydrogens (tertiary/aromatic N) is 1. The van der Waals surface area contributed by atoms with Crippen molar-refractivity contribution in [3.8, 4) is 5.75 Å². The van der Waals surface area contributed by atoms with Crippen LogP contribution < -0.4 is 4.74 Å². The maximum absolute atomic E-state index is 12.4. The molecule has 0 aliphatic carbocycles. The number of ether oxygens (including phenoxy) is 1. The molecule has 1 fully saturated rings. The number of carbonyl (C=O) groups is 1. The highest BCUT2D eigenvalue weighted by molar-refractivity contribution is 5.88. The van der Waals surface area contributed by atoms with Gasteiger partial charge in [0.15, 0.2) is 0 Å². The molecule has 0 spiro atoms. The van der Waals surface area contributed by atoms with E-state index in [2.05, 4.69) is 0 Å². The second kappa shape index (κ2) is 6.01. The number of aliphatic hydroxyl groups is 1. The van der Waals surface area contributed by atoms with Crippen LogP contribution in [0.25, 0.3) is 11.0 Å². The van der Waals surface area contributed by atoms with E-state index in [0.717, 1.165) is 28.7 Å². The fourth-order valence-corrected chi connectivity index (χ4v) is 2.88. The number of piperidine rings is 1. The lowest BCUT2D eigenvalue weighted by Crippen LogP contribution is -2.46. The lowest BCUT2D eigenvalue weighted by molar-refractivity contribution is -0.134. The number of benzene rings is 1. The molecule has 0 radical (unpaired) electrons. The smallest absolute Gasteiger partial charge is 0.227 e. The first kappa shape index (κ1) is 14.9. The summed E-state index contributed by atoms with van der Waals surface area (Å²) in [7, 11) is 1.61. The molecular formula is C17H21NO4. The van der Waals surface area contributed by atoms with Crippen LogP contribution in [0.15, 0.2) is 28.9 Å². The minimum absolute atomic E-state index is 0.0319. The van der Waals surface area contributed by atoms with Crippen molar-refractivity contribution in [2.45, 2.75) is 25.9 Å². The number of β-amino-alcohol motifs (C(OH)–C–C–N with tert-alkyl or cyclic N) is 1. The van der Waals surface area contributed by atoms with E-state index < -0.39 is 6.10 Å². The van der Waals surface area contributed by atoms with Gasteiger partial charge in [-0.1, -0.05) is 6.92 Å². The van der Waals surface area contributed by atoms with Crippen LogP contribution in [0.3, 0.4) is 0 Å². The summed E-state index contributed by atoms with van der Waals surface area (Å²) in [5.41, 5.74) is 1.59. The van der Waals surface area contributed by atoms with Crippen LogP contribution in [-0.4, -0.2) is 42.2 Å². The Labute approximate surface area is 129 Å². The lowest BCUT2D eigenvalue weighted by atomic mass is 9.95. The van der Waals surface area contributed by atoms with Gasteiger partial charge in [-0.2, -0.15) is 0 Å². The Balaban J connectivity index is 1.74. The molecule has 1 aliphatic heterocycles. The minimum Gasteiger partial charge on any atom is -0.497 e. The molecule has 118 valence electrons. The Hall–Kier alpha value is -2.01. The summed E-state index contributed by atoms with van der Waals surface area (Å²) in [6.07, 6.45) is 2.34. The maximum atomic E-state index is 12.4. The zero-order valence-corrected chi connectivity index (χ0v) is 12.9. The van der Waals surface area contributed by atoms with Gasteiger partial charge in [-0.3, -0.25) is 4.79 Å². The molecule has 1 aliphatic rings. The third-order valence-corrected chi connectivity index (χ3v) is 4.48. The van der Waals surface area contributed by atoms with Gasteiger partial charge in [-0.15, -0.1) is 0 Å². The minimum atomic E-state index is -0.428. The van der Waals surface area contributed by atoms with Crippen molar-refractivity contribution < 1.29 is 19.1 Å². The van der Waals surface area contributed by atoms with E-state index in [4.69, 9.17) is 9.15 Å². The van der Waals surface area contributed by atoms with E-state index in [1.165, 1.54) is 0 Å². The molecular weight excluding hydrogens is 282 g/mol. The molecule has 2 atom stereocenters. The fourth-order valence-electron chi connectivity index (χ4n) is 2.88. The zero-order chi connectivity index (χ0) is 15.7. The largest absolute Gasteiger partial charge is 0.497 e. The van der Waals surface area contributed by atoms with Crippen LogP contribution >= 0.6 is 0 Å². The van der Waals surface area contributed by atoms with Crippen LogP contribution in [0.1, 0.15) is 18.9 Å². The number of methoxy groups -OCH3 is 1. The van der Waals surface area contributed by atoms with E-state index in [1.54, 1.807) is 18.3 Å². The van der Waals surface area contributed by atoms with Gasteiger partial charge in [0.1, 0.15) is 11.3 Å². The van der Waals surface area contributed by atoms with Gasteiger partial charge < -0.3 is 19.2 Å². The highest BCUT2D eigenvalue weighted by atomic mass is 16.5. The molecule has 2 heterocycles. The van der Waals surface area contributed by atoms with Crippen LogP contribution in [0.2, 0.25) is 0 Å². The second-order valence-corrected chi connectivity index (χ2v) is 5.97. The molecule has 0 bridgehead atoms. The molecule has 1 aromatic heterocycles. The molecule has 1 saturated heterocycles. The normalized spacial score (nSPS) is 22.0. The number of amides is 1. The highest BCUT2D eigenvalue weighted by Crippen LogP contribution is 2.26. The van der Waals surface area contributed by atoms with Crippen molar-refractivity contribution in [1.29, 1.82) is 0 Å². The number of hydrogen-bond donors (Lipinski definition) is 1. The van der Waals surface area contributed by atoms with E-state index in [1.807, 2.05) is 25.1 Å². The van der Waals surface area contributed by atoms with E-state index in [0.29, 0.717) is 19.5 Å². The van der Waals surface area contributed by atoms with Crippen molar-refractivity contribution in [2.24, 2.45) is 5.92 Å². The quantitative estimate of drug-likeness (QED) is 0.944.